The summed E-state index contributed by atoms with van der Waals surface area (Å²) >= 11 is 1.47. The Morgan fingerprint density at radius 1 is 1.67 bits per heavy atom. The summed E-state index contributed by atoms with van der Waals surface area (Å²) < 4.78 is 0. The third-order valence-corrected chi connectivity index (χ3v) is 3.74. The molecule has 0 saturated heterocycles. The summed E-state index contributed by atoms with van der Waals surface area (Å²) in [5, 5.41) is 17.8. The fourth-order valence-corrected chi connectivity index (χ4v) is 2.52. The molecule has 0 heterocycles. The zero-order valence-corrected chi connectivity index (χ0v) is 9.97. The number of hydrogen-bond acceptors (Lipinski definition) is 3. The number of hydrogen-bond donors (Lipinski definition) is 1. The fourth-order valence-electron chi connectivity index (χ4n) is 1.90. The molecule has 1 saturated carbocycles. The Balaban J connectivity index is 2.76. The van der Waals surface area contributed by atoms with Crippen LogP contribution in [0.2, 0.25) is 0 Å². The average molecular weight is 225 g/mol. The van der Waals surface area contributed by atoms with Crippen LogP contribution in [0.15, 0.2) is 11.0 Å². The number of rotatable bonds is 4. The number of nitrogens with zero attached hydrogens (tertiary/aromatic N) is 1. The summed E-state index contributed by atoms with van der Waals surface area (Å²) in [6, 6.07) is 2.10. The monoisotopic (exact) mass is 225 g/mol. The highest BCUT2D eigenvalue weighted by Gasteiger charge is 2.61. The van der Waals surface area contributed by atoms with Gasteiger partial charge in [0.05, 0.1) is 10.8 Å². The Morgan fingerprint density at radius 2 is 2.27 bits per heavy atom. The number of carbonyl (C=O) groups is 1. The minimum atomic E-state index is -0.764. The van der Waals surface area contributed by atoms with Crippen LogP contribution in [0.4, 0.5) is 0 Å². The topological polar surface area (TPSA) is 61.1 Å². The zero-order valence-electron chi connectivity index (χ0n) is 9.15. The Kier molecular flexibility index (Phi) is 3.46. The molecule has 1 rings (SSSR count). The van der Waals surface area contributed by atoms with Crippen molar-refractivity contribution < 1.29 is 9.90 Å². The Bertz CT molecular complexity index is 341. The highest BCUT2D eigenvalue weighted by molar-refractivity contribution is 8.03. The van der Waals surface area contributed by atoms with Crippen molar-refractivity contribution in [2.45, 2.75) is 20.8 Å². The van der Waals surface area contributed by atoms with Crippen LogP contribution in [-0.2, 0) is 4.79 Å². The van der Waals surface area contributed by atoms with E-state index >= 15 is 0 Å². The van der Waals surface area contributed by atoms with E-state index < -0.39 is 5.97 Å². The van der Waals surface area contributed by atoms with Gasteiger partial charge in [0.15, 0.2) is 0 Å². The van der Waals surface area contributed by atoms with Gasteiger partial charge in [-0.3, -0.25) is 4.79 Å². The predicted molar refractivity (Wildman–Crippen MR) is 60.2 cm³/mol. The van der Waals surface area contributed by atoms with Gasteiger partial charge in [-0.05, 0) is 17.1 Å². The van der Waals surface area contributed by atoms with Crippen molar-refractivity contribution in [1.82, 2.24) is 0 Å². The lowest BCUT2D eigenvalue weighted by Gasteiger charge is -1.97. The molecule has 0 aromatic rings. The molecular formula is C11H15NO2S. The molecule has 0 amide bonds. The van der Waals surface area contributed by atoms with Gasteiger partial charge in [0, 0.05) is 0 Å². The van der Waals surface area contributed by atoms with Crippen molar-refractivity contribution in [3.8, 4) is 6.07 Å². The lowest BCUT2D eigenvalue weighted by Crippen LogP contribution is -2.03. The Hall–Kier alpha value is -0.950. The highest BCUT2D eigenvalue weighted by atomic mass is 32.2. The maximum absolute atomic E-state index is 10.9. The first kappa shape index (κ1) is 12.1. The minimum Gasteiger partial charge on any atom is -0.481 e. The van der Waals surface area contributed by atoms with Crippen LogP contribution in [0.1, 0.15) is 20.8 Å². The average Bonchev–Trinajstić information content (AvgIpc) is 2.67. The van der Waals surface area contributed by atoms with Gasteiger partial charge in [-0.15, -0.1) is 11.8 Å². The summed E-state index contributed by atoms with van der Waals surface area (Å²) in [5.41, 5.74) is -0.206. The van der Waals surface area contributed by atoms with E-state index in [1.54, 1.807) is 0 Å². The molecule has 2 atom stereocenters. The first-order chi connectivity index (χ1) is 6.95. The quantitative estimate of drug-likeness (QED) is 0.747. The summed E-state index contributed by atoms with van der Waals surface area (Å²) in [6.07, 6.45) is 1.81. The maximum Gasteiger partial charge on any atom is 0.307 e. The van der Waals surface area contributed by atoms with E-state index in [1.165, 1.54) is 11.8 Å². The molecule has 15 heavy (non-hydrogen) atoms. The van der Waals surface area contributed by atoms with Gasteiger partial charge in [-0.1, -0.05) is 26.8 Å². The van der Waals surface area contributed by atoms with Crippen molar-refractivity contribution >= 4 is 17.7 Å². The first-order valence-electron chi connectivity index (χ1n) is 4.92. The van der Waals surface area contributed by atoms with Gasteiger partial charge in [-0.2, -0.15) is 5.26 Å². The van der Waals surface area contributed by atoms with Gasteiger partial charge in [0.2, 0.25) is 0 Å². The summed E-state index contributed by atoms with van der Waals surface area (Å²) in [6.45, 7) is 5.83. The molecule has 1 N–H and O–H groups in total. The SMILES string of the molecule is CCS/C(C#N)=C\[C@@H]1[C@@H](C(=O)O)C1(C)C. The largest absolute Gasteiger partial charge is 0.481 e. The molecule has 0 aliphatic heterocycles. The van der Waals surface area contributed by atoms with E-state index in [9.17, 15) is 4.79 Å². The van der Waals surface area contributed by atoms with Crippen molar-refractivity contribution in [2.75, 3.05) is 5.75 Å². The van der Waals surface area contributed by atoms with Gasteiger partial charge in [0.25, 0.3) is 0 Å². The van der Waals surface area contributed by atoms with Gasteiger partial charge in [0.1, 0.15) is 6.07 Å². The molecule has 0 bridgehead atoms. The van der Waals surface area contributed by atoms with Crippen molar-refractivity contribution in [2.24, 2.45) is 17.3 Å². The third kappa shape index (κ3) is 2.35. The lowest BCUT2D eigenvalue weighted by atomic mass is 10.1. The highest BCUT2D eigenvalue weighted by Crippen LogP contribution is 2.59. The smallest absolute Gasteiger partial charge is 0.307 e. The summed E-state index contributed by atoms with van der Waals surface area (Å²) in [7, 11) is 0. The van der Waals surface area contributed by atoms with E-state index in [0.29, 0.717) is 4.91 Å². The summed E-state index contributed by atoms with van der Waals surface area (Å²) in [5.74, 6) is -0.258. The molecule has 1 fully saturated rings. The molecule has 0 spiro atoms. The van der Waals surface area contributed by atoms with Gasteiger partial charge >= 0.3 is 5.97 Å². The zero-order chi connectivity index (χ0) is 11.6. The van der Waals surface area contributed by atoms with E-state index in [4.69, 9.17) is 10.4 Å². The van der Waals surface area contributed by atoms with Crippen molar-refractivity contribution in [1.29, 1.82) is 5.26 Å². The molecule has 0 unspecified atom stereocenters. The molecule has 1 aliphatic rings. The maximum atomic E-state index is 10.9. The molecule has 0 aromatic carbocycles. The van der Waals surface area contributed by atoms with Crippen LogP contribution in [0, 0.1) is 28.6 Å². The van der Waals surface area contributed by atoms with E-state index in [1.807, 2.05) is 26.8 Å². The van der Waals surface area contributed by atoms with Gasteiger partial charge < -0.3 is 5.11 Å². The Morgan fingerprint density at radius 3 is 2.60 bits per heavy atom. The second-order valence-electron chi connectivity index (χ2n) is 4.24. The van der Waals surface area contributed by atoms with Crippen molar-refractivity contribution in [3.63, 3.8) is 0 Å². The number of nitriles is 1. The number of carboxylic acids is 1. The normalized spacial score (nSPS) is 28.3. The van der Waals surface area contributed by atoms with E-state index in [2.05, 4.69) is 6.07 Å². The molecular weight excluding hydrogens is 210 g/mol. The van der Waals surface area contributed by atoms with Gasteiger partial charge in [-0.25, -0.2) is 0 Å². The van der Waals surface area contributed by atoms with Crippen LogP contribution in [0.25, 0.3) is 0 Å². The second kappa shape index (κ2) is 4.28. The van der Waals surface area contributed by atoms with Crippen LogP contribution in [0.5, 0.6) is 0 Å². The predicted octanol–water partition coefficient (Wildman–Crippen LogP) is 2.50. The van der Waals surface area contributed by atoms with E-state index in [0.717, 1.165) is 5.75 Å². The number of carboxylic acid groups (broad SMARTS) is 1. The third-order valence-electron chi connectivity index (χ3n) is 2.92. The minimum absolute atomic E-state index is 0.00343. The summed E-state index contributed by atoms with van der Waals surface area (Å²) in [4.78, 5) is 11.5. The molecule has 82 valence electrons. The van der Waals surface area contributed by atoms with Crippen LogP contribution >= 0.6 is 11.8 Å². The molecule has 1 aliphatic carbocycles. The van der Waals surface area contributed by atoms with Crippen LogP contribution < -0.4 is 0 Å². The van der Waals surface area contributed by atoms with Crippen LogP contribution in [0.3, 0.4) is 0 Å². The lowest BCUT2D eigenvalue weighted by molar-refractivity contribution is -0.139. The number of aliphatic carboxylic acids is 1. The first-order valence-corrected chi connectivity index (χ1v) is 5.91. The molecule has 4 heteroatoms. The standard InChI is InChI=1S/C11H15NO2S/c1-4-15-7(6-12)5-8-9(10(13)14)11(8,2)3/h5,8-9H,4H2,1-3H3,(H,13,14)/b7-5-/t8-,9+/m1/s1. The fraction of sp³-hybridized carbons (Fsp3) is 0.636. The Labute approximate surface area is 94.2 Å². The van der Waals surface area contributed by atoms with E-state index in [-0.39, 0.29) is 17.3 Å². The number of thioether (sulfide) groups is 1. The van der Waals surface area contributed by atoms with Crippen molar-refractivity contribution in [3.05, 3.63) is 11.0 Å². The second-order valence-corrected chi connectivity index (χ2v) is 5.54. The molecule has 3 nitrogen and oxygen atoms in total. The molecule has 0 radical (unpaired) electrons. The molecule has 0 aromatic heterocycles. The van der Waals surface area contributed by atoms with Crippen LogP contribution in [-0.4, -0.2) is 16.8 Å². The number of allylic oxidation sites excluding steroid dienone is 2.